The van der Waals surface area contributed by atoms with Crippen LogP contribution in [0.3, 0.4) is 0 Å². The summed E-state index contributed by atoms with van der Waals surface area (Å²) in [5.74, 6) is -0.493. The van der Waals surface area contributed by atoms with Gasteiger partial charge < -0.3 is 4.74 Å². The fourth-order valence-electron chi connectivity index (χ4n) is 2.97. The maximum Gasteiger partial charge on any atom is 0.337 e. The average molecular weight is 348 g/mol. The number of methoxy groups -OCH3 is 1. The van der Waals surface area contributed by atoms with Gasteiger partial charge in [0.15, 0.2) is 0 Å². The van der Waals surface area contributed by atoms with Crippen molar-refractivity contribution in [3.8, 4) is 22.3 Å². The van der Waals surface area contributed by atoms with Crippen LogP contribution in [-0.2, 0) is 11.2 Å². The molecule has 0 aliphatic heterocycles. The number of hydrogen-bond acceptors (Lipinski definition) is 2. The Morgan fingerprint density at radius 3 is 1.85 bits per heavy atom. The lowest BCUT2D eigenvalue weighted by atomic mass is 9.98. The molecule has 0 bridgehead atoms. The number of carbonyl (C=O) groups excluding carboxylic acids is 1. The Kier molecular flexibility index (Phi) is 5.47. The molecule has 3 aromatic carbocycles. The summed E-state index contributed by atoms with van der Waals surface area (Å²) in [5.41, 5.74) is 5.17. The second kappa shape index (κ2) is 7.96. The monoisotopic (exact) mass is 348 g/mol. The molecule has 26 heavy (non-hydrogen) atoms. The van der Waals surface area contributed by atoms with Crippen molar-refractivity contribution < 1.29 is 13.9 Å². The summed E-state index contributed by atoms with van der Waals surface area (Å²) in [6.45, 7) is 2.05. The van der Waals surface area contributed by atoms with Crippen molar-refractivity contribution in [2.45, 2.75) is 19.8 Å². The lowest BCUT2D eigenvalue weighted by molar-refractivity contribution is 0.0601. The number of benzene rings is 3. The summed E-state index contributed by atoms with van der Waals surface area (Å²) in [5, 5.41) is 0. The number of aryl methyl sites for hydroxylation is 1. The van der Waals surface area contributed by atoms with Crippen LogP contribution in [0.5, 0.6) is 0 Å². The van der Waals surface area contributed by atoms with Crippen molar-refractivity contribution >= 4 is 5.97 Å². The first kappa shape index (κ1) is 17.9. The molecule has 0 spiro atoms. The summed E-state index contributed by atoms with van der Waals surface area (Å²) >= 11 is 0. The highest BCUT2D eigenvalue weighted by Crippen LogP contribution is 2.26. The van der Waals surface area contributed by atoms with Crippen molar-refractivity contribution in [1.29, 1.82) is 0 Å². The van der Waals surface area contributed by atoms with Gasteiger partial charge in [-0.15, -0.1) is 0 Å². The Morgan fingerprint density at radius 2 is 1.35 bits per heavy atom. The van der Waals surface area contributed by atoms with Crippen LogP contribution in [0.2, 0.25) is 0 Å². The van der Waals surface area contributed by atoms with E-state index in [1.807, 2.05) is 55.5 Å². The predicted octanol–water partition coefficient (Wildman–Crippen LogP) is 5.90. The topological polar surface area (TPSA) is 26.3 Å². The number of rotatable bonds is 5. The van der Waals surface area contributed by atoms with E-state index in [4.69, 9.17) is 4.74 Å². The third-order valence-corrected chi connectivity index (χ3v) is 4.43. The molecule has 0 aliphatic carbocycles. The minimum Gasteiger partial charge on any atom is -0.465 e. The number of halogens is 1. The minimum absolute atomic E-state index is 0.146. The summed E-state index contributed by atoms with van der Waals surface area (Å²) in [7, 11) is 1.37. The fourth-order valence-corrected chi connectivity index (χ4v) is 2.97. The SMILES string of the molecule is CCCc1ccc(-c2ccc(-c3ccc(C(=O)OC)cc3)cc2)cc1F. The van der Waals surface area contributed by atoms with Crippen molar-refractivity contribution in [2.24, 2.45) is 0 Å². The Morgan fingerprint density at radius 1 is 0.846 bits per heavy atom. The van der Waals surface area contributed by atoms with E-state index in [0.29, 0.717) is 5.56 Å². The van der Waals surface area contributed by atoms with E-state index in [1.165, 1.54) is 7.11 Å². The maximum absolute atomic E-state index is 14.2. The molecule has 0 amide bonds. The normalized spacial score (nSPS) is 10.6. The molecular formula is C23H21FO2. The van der Waals surface area contributed by atoms with Crippen LogP contribution >= 0.6 is 0 Å². The van der Waals surface area contributed by atoms with Gasteiger partial charge in [0.1, 0.15) is 5.82 Å². The van der Waals surface area contributed by atoms with Crippen LogP contribution in [0.4, 0.5) is 4.39 Å². The predicted molar refractivity (Wildman–Crippen MR) is 103 cm³/mol. The van der Waals surface area contributed by atoms with Gasteiger partial charge in [0.05, 0.1) is 12.7 Å². The smallest absolute Gasteiger partial charge is 0.337 e. The molecule has 0 saturated carbocycles. The lowest BCUT2D eigenvalue weighted by Gasteiger charge is -2.08. The van der Waals surface area contributed by atoms with E-state index in [0.717, 1.165) is 40.7 Å². The zero-order chi connectivity index (χ0) is 18.5. The lowest BCUT2D eigenvalue weighted by Crippen LogP contribution is -2.00. The molecule has 0 N–H and O–H groups in total. The molecular weight excluding hydrogens is 327 g/mol. The third-order valence-electron chi connectivity index (χ3n) is 4.43. The highest BCUT2D eigenvalue weighted by molar-refractivity contribution is 5.90. The number of carbonyl (C=O) groups is 1. The van der Waals surface area contributed by atoms with Crippen LogP contribution in [0.25, 0.3) is 22.3 Å². The maximum atomic E-state index is 14.2. The Hall–Kier alpha value is -2.94. The minimum atomic E-state index is -0.347. The number of ether oxygens (including phenoxy) is 1. The van der Waals surface area contributed by atoms with E-state index < -0.39 is 0 Å². The van der Waals surface area contributed by atoms with Crippen LogP contribution in [0, 0.1) is 5.82 Å². The second-order valence-electron chi connectivity index (χ2n) is 6.20. The van der Waals surface area contributed by atoms with Crippen LogP contribution in [-0.4, -0.2) is 13.1 Å². The molecule has 0 unspecified atom stereocenters. The van der Waals surface area contributed by atoms with Gasteiger partial charge in [0, 0.05) is 0 Å². The number of hydrogen-bond donors (Lipinski definition) is 0. The van der Waals surface area contributed by atoms with Crippen LogP contribution < -0.4 is 0 Å². The molecule has 2 nitrogen and oxygen atoms in total. The Balaban J connectivity index is 1.82. The Labute approximate surface area is 153 Å². The standard InChI is InChI=1S/C23H21FO2/c1-3-4-19-11-14-21(15-22(19)24)18-7-5-16(6-8-18)17-9-12-20(13-10-17)23(25)26-2/h5-15H,3-4H2,1-2H3. The van der Waals surface area contributed by atoms with Gasteiger partial charge in [0.25, 0.3) is 0 Å². The average Bonchev–Trinajstić information content (AvgIpc) is 2.69. The van der Waals surface area contributed by atoms with Crippen molar-refractivity contribution in [3.63, 3.8) is 0 Å². The quantitative estimate of drug-likeness (QED) is 0.537. The fraction of sp³-hybridized carbons (Fsp3) is 0.174. The molecule has 0 heterocycles. The molecule has 0 saturated heterocycles. The van der Waals surface area contributed by atoms with Gasteiger partial charge >= 0.3 is 5.97 Å². The van der Waals surface area contributed by atoms with Crippen molar-refractivity contribution in [1.82, 2.24) is 0 Å². The summed E-state index contributed by atoms with van der Waals surface area (Å²) < 4.78 is 18.9. The van der Waals surface area contributed by atoms with Crippen molar-refractivity contribution in [3.05, 3.63) is 83.7 Å². The summed E-state index contributed by atoms with van der Waals surface area (Å²) in [6, 6.07) is 20.7. The van der Waals surface area contributed by atoms with E-state index in [1.54, 1.807) is 18.2 Å². The molecule has 0 aromatic heterocycles. The highest BCUT2D eigenvalue weighted by Gasteiger charge is 2.07. The van der Waals surface area contributed by atoms with E-state index >= 15 is 0 Å². The molecule has 0 fully saturated rings. The van der Waals surface area contributed by atoms with Gasteiger partial charge in [-0.1, -0.05) is 61.9 Å². The number of esters is 1. The summed E-state index contributed by atoms with van der Waals surface area (Å²) in [4.78, 5) is 11.5. The molecule has 0 atom stereocenters. The van der Waals surface area contributed by atoms with E-state index in [2.05, 4.69) is 0 Å². The first-order chi connectivity index (χ1) is 12.6. The van der Waals surface area contributed by atoms with Gasteiger partial charge in [0.2, 0.25) is 0 Å². The van der Waals surface area contributed by atoms with Gasteiger partial charge in [-0.2, -0.15) is 0 Å². The largest absolute Gasteiger partial charge is 0.465 e. The third kappa shape index (κ3) is 3.83. The van der Waals surface area contributed by atoms with Gasteiger partial charge in [-0.3, -0.25) is 0 Å². The van der Waals surface area contributed by atoms with Gasteiger partial charge in [-0.05, 0) is 52.4 Å². The van der Waals surface area contributed by atoms with E-state index in [-0.39, 0.29) is 11.8 Å². The molecule has 0 radical (unpaired) electrons. The molecule has 3 heteroatoms. The zero-order valence-electron chi connectivity index (χ0n) is 15.0. The molecule has 3 rings (SSSR count). The molecule has 132 valence electrons. The van der Waals surface area contributed by atoms with Crippen LogP contribution in [0.1, 0.15) is 29.3 Å². The Bertz CT molecular complexity index is 896. The second-order valence-corrected chi connectivity index (χ2v) is 6.20. The molecule has 3 aromatic rings. The van der Waals surface area contributed by atoms with E-state index in [9.17, 15) is 9.18 Å². The zero-order valence-corrected chi connectivity index (χ0v) is 15.0. The van der Waals surface area contributed by atoms with Crippen molar-refractivity contribution in [2.75, 3.05) is 7.11 Å². The first-order valence-electron chi connectivity index (χ1n) is 8.70. The van der Waals surface area contributed by atoms with Gasteiger partial charge in [-0.25, -0.2) is 9.18 Å². The van der Waals surface area contributed by atoms with Crippen LogP contribution in [0.15, 0.2) is 66.7 Å². The first-order valence-corrected chi connectivity index (χ1v) is 8.70. The molecule has 0 aliphatic rings. The summed E-state index contributed by atoms with van der Waals surface area (Å²) in [6.07, 6.45) is 1.69. The highest BCUT2D eigenvalue weighted by atomic mass is 19.1.